The molecule has 0 unspecified atom stereocenters. The van der Waals surface area contributed by atoms with E-state index in [9.17, 15) is 22.4 Å². The van der Waals surface area contributed by atoms with Crippen LogP contribution in [0.4, 0.5) is 23.2 Å². The van der Waals surface area contributed by atoms with Crippen molar-refractivity contribution < 1.29 is 27.1 Å². The number of amides is 1. The summed E-state index contributed by atoms with van der Waals surface area (Å²) in [6.45, 7) is 0. The van der Waals surface area contributed by atoms with Crippen LogP contribution in [0.5, 0.6) is 5.88 Å². The molecule has 0 radical (unpaired) electrons. The molecular weight excluding hydrogens is 480 g/mol. The Labute approximate surface area is 203 Å². The molecule has 4 aromatic rings. The molecule has 0 bridgehead atoms. The van der Waals surface area contributed by atoms with Crippen molar-refractivity contribution in [2.75, 3.05) is 12.4 Å². The highest BCUT2D eigenvalue weighted by atomic mass is 19.4. The molecule has 1 N–H and O–H groups in total. The van der Waals surface area contributed by atoms with Crippen molar-refractivity contribution in [3.8, 4) is 17.0 Å². The summed E-state index contributed by atoms with van der Waals surface area (Å²) >= 11 is 0. The van der Waals surface area contributed by atoms with E-state index in [0.717, 1.165) is 18.9 Å². The maximum atomic E-state index is 14.7. The van der Waals surface area contributed by atoms with Gasteiger partial charge in [0.25, 0.3) is 0 Å². The fraction of sp³-hybridized carbons (Fsp3) is 0.208. The Kier molecular flexibility index (Phi) is 6.95. The maximum absolute atomic E-state index is 14.7. The van der Waals surface area contributed by atoms with Gasteiger partial charge in [-0.05, 0) is 28.8 Å². The average molecular weight is 500 g/mol. The summed E-state index contributed by atoms with van der Waals surface area (Å²) in [7, 11) is 2.88. The second kappa shape index (κ2) is 10.1. The van der Waals surface area contributed by atoms with Gasteiger partial charge in [-0.2, -0.15) is 18.3 Å². The van der Waals surface area contributed by atoms with Gasteiger partial charge >= 0.3 is 6.18 Å². The zero-order chi connectivity index (χ0) is 25.9. The summed E-state index contributed by atoms with van der Waals surface area (Å²) < 4.78 is 60.5. The summed E-state index contributed by atoms with van der Waals surface area (Å²) in [5.41, 5.74) is 0.810. The summed E-state index contributed by atoms with van der Waals surface area (Å²) in [5.74, 6) is -1.38. The van der Waals surface area contributed by atoms with Crippen molar-refractivity contribution >= 4 is 11.6 Å². The van der Waals surface area contributed by atoms with Gasteiger partial charge in [-0.3, -0.25) is 9.48 Å². The quantitative estimate of drug-likeness (QED) is 0.382. The topological polar surface area (TPSA) is 94.8 Å². The molecule has 1 aromatic carbocycles. The first-order chi connectivity index (χ1) is 17.1. The molecule has 0 aliphatic carbocycles. The number of pyridine rings is 1. The van der Waals surface area contributed by atoms with Gasteiger partial charge in [-0.15, -0.1) is 0 Å². The highest BCUT2D eigenvalue weighted by Gasteiger charge is 2.35. The molecule has 0 saturated heterocycles. The summed E-state index contributed by atoms with van der Waals surface area (Å²) in [4.78, 5) is 24.5. The lowest BCUT2D eigenvalue weighted by molar-refractivity contribution is -0.139. The van der Waals surface area contributed by atoms with E-state index in [1.54, 1.807) is 29.3 Å². The number of ether oxygens (including phenoxy) is 1. The summed E-state index contributed by atoms with van der Waals surface area (Å²) in [6.07, 6.45) is 3.17. The second-order valence-electron chi connectivity index (χ2n) is 7.90. The van der Waals surface area contributed by atoms with E-state index in [2.05, 4.69) is 30.1 Å². The number of carbonyl (C=O) groups excluding carboxylic acids is 1. The Hall–Kier alpha value is -4.35. The number of rotatable bonds is 7. The van der Waals surface area contributed by atoms with E-state index in [-0.39, 0.29) is 17.7 Å². The molecule has 0 aliphatic rings. The molecule has 186 valence electrons. The number of halogens is 4. The lowest BCUT2D eigenvalue weighted by Gasteiger charge is -2.13. The predicted octanol–water partition coefficient (Wildman–Crippen LogP) is 4.21. The van der Waals surface area contributed by atoms with Crippen LogP contribution in [0, 0.1) is 5.82 Å². The second-order valence-corrected chi connectivity index (χ2v) is 7.90. The van der Waals surface area contributed by atoms with E-state index in [1.165, 1.54) is 12.1 Å². The zero-order valence-corrected chi connectivity index (χ0v) is 19.2. The first-order valence-electron chi connectivity index (χ1n) is 10.6. The minimum absolute atomic E-state index is 0.0721. The van der Waals surface area contributed by atoms with Crippen LogP contribution in [-0.2, 0) is 30.9 Å². The lowest BCUT2D eigenvalue weighted by Crippen LogP contribution is -2.17. The Morgan fingerprint density at radius 1 is 1.06 bits per heavy atom. The molecule has 12 heteroatoms. The summed E-state index contributed by atoms with van der Waals surface area (Å²) in [5, 5.41) is 6.40. The molecule has 36 heavy (non-hydrogen) atoms. The standard InChI is InChI=1S/C24H20F4N6O2/c1-34-13-14(9-32-34)5-21-29-10-17(11-30-21)15-3-4-16(20(25)6-15)7-22(35)33-18-8-19(24(26,27)28)23(36-2)31-12-18/h3-4,6,8-13H,5,7H2,1-2H3,(H,33,35). The zero-order valence-electron chi connectivity index (χ0n) is 19.2. The minimum atomic E-state index is -4.72. The largest absolute Gasteiger partial charge is 0.481 e. The monoisotopic (exact) mass is 500 g/mol. The van der Waals surface area contributed by atoms with Crippen molar-refractivity contribution in [3.63, 3.8) is 0 Å². The molecule has 8 nitrogen and oxygen atoms in total. The number of nitrogens with zero attached hydrogens (tertiary/aromatic N) is 5. The number of benzene rings is 1. The van der Waals surface area contributed by atoms with Gasteiger partial charge in [-0.25, -0.2) is 19.3 Å². The maximum Gasteiger partial charge on any atom is 0.421 e. The van der Waals surface area contributed by atoms with Crippen LogP contribution in [0.15, 0.2) is 55.2 Å². The van der Waals surface area contributed by atoms with Crippen LogP contribution in [-0.4, -0.2) is 37.7 Å². The van der Waals surface area contributed by atoms with E-state index in [1.807, 2.05) is 13.2 Å². The summed E-state index contributed by atoms with van der Waals surface area (Å²) in [6, 6.07) is 5.00. The molecule has 3 heterocycles. The van der Waals surface area contributed by atoms with E-state index >= 15 is 0 Å². The molecule has 0 spiro atoms. The van der Waals surface area contributed by atoms with Gasteiger partial charge in [0.15, 0.2) is 0 Å². The number of aromatic nitrogens is 5. The first-order valence-corrected chi connectivity index (χ1v) is 10.6. The Morgan fingerprint density at radius 2 is 1.81 bits per heavy atom. The van der Waals surface area contributed by atoms with Crippen LogP contribution < -0.4 is 10.1 Å². The van der Waals surface area contributed by atoms with Gasteiger partial charge in [0.05, 0.1) is 31.6 Å². The average Bonchev–Trinajstić information content (AvgIpc) is 3.24. The molecule has 0 fully saturated rings. The van der Waals surface area contributed by atoms with Gasteiger partial charge < -0.3 is 10.1 Å². The van der Waals surface area contributed by atoms with Gasteiger partial charge in [0, 0.05) is 37.6 Å². The van der Waals surface area contributed by atoms with E-state index in [0.29, 0.717) is 29.4 Å². The predicted molar refractivity (Wildman–Crippen MR) is 122 cm³/mol. The van der Waals surface area contributed by atoms with Crippen LogP contribution in [0.25, 0.3) is 11.1 Å². The van der Waals surface area contributed by atoms with Crippen molar-refractivity contribution in [2.45, 2.75) is 19.0 Å². The lowest BCUT2D eigenvalue weighted by atomic mass is 10.0. The number of nitrogens with one attached hydrogen (secondary N) is 1. The molecule has 0 aliphatic heterocycles. The van der Waals surface area contributed by atoms with Crippen LogP contribution in [0.2, 0.25) is 0 Å². The number of aryl methyl sites for hydroxylation is 1. The Balaban J connectivity index is 1.43. The smallest absolute Gasteiger partial charge is 0.421 e. The highest BCUT2D eigenvalue weighted by Crippen LogP contribution is 2.36. The van der Waals surface area contributed by atoms with E-state index < -0.39 is 29.3 Å². The number of carbonyl (C=O) groups is 1. The molecule has 3 aromatic heterocycles. The van der Waals surface area contributed by atoms with Crippen molar-refractivity contribution in [1.82, 2.24) is 24.7 Å². The molecular formula is C24H20F4N6O2. The fourth-order valence-corrected chi connectivity index (χ4v) is 3.48. The normalized spacial score (nSPS) is 11.4. The number of hydrogen-bond acceptors (Lipinski definition) is 6. The molecule has 1 amide bonds. The van der Waals surface area contributed by atoms with Gasteiger partial charge in [-0.1, -0.05) is 12.1 Å². The third-order valence-corrected chi connectivity index (χ3v) is 5.20. The van der Waals surface area contributed by atoms with Gasteiger partial charge in [0.1, 0.15) is 17.2 Å². The van der Waals surface area contributed by atoms with E-state index in [4.69, 9.17) is 0 Å². The third-order valence-electron chi connectivity index (χ3n) is 5.20. The van der Waals surface area contributed by atoms with Crippen LogP contribution in [0.1, 0.15) is 22.5 Å². The SMILES string of the molecule is COc1ncc(NC(=O)Cc2ccc(-c3cnc(Cc4cnn(C)c4)nc3)cc2F)cc1C(F)(F)F. The first kappa shape index (κ1) is 24.8. The number of alkyl halides is 3. The van der Waals surface area contributed by atoms with Crippen LogP contribution in [0.3, 0.4) is 0 Å². The van der Waals surface area contributed by atoms with Crippen LogP contribution >= 0.6 is 0 Å². The molecule has 4 rings (SSSR count). The number of anilines is 1. The molecule has 0 atom stereocenters. The number of hydrogen-bond donors (Lipinski definition) is 1. The molecule has 0 saturated carbocycles. The van der Waals surface area contributed by atoms with Crippen molar-refractivity contribution in [1.29, 1.82) is 0 Å². The Morgan fingerprint density at radius 3 is 2.42 bits per heavy atom. The minimum Gasteiger partial charge on any atom is -0.481 e. The van der Waals surface area contributed by atoms with Crippen molar-refractivity contribution in [2.24, 2.45) is 7.05 Å². The van der Waals surface area contributed by atoms with Crippen molar-refractivity contribution in [3.05, 3.63) is 83.6 Å². The number of methoxy groups -OCH3 is 1. The fourth-order valence-electron chi connectivity index (χ4n) is 3.48. The highest BCUT2D eigenvalue weighted by molar-refractivity contribution is 5.92. The third kappa shape index (κ3) is 5.82. The Bertz CT molecular complexity index is 1390. The van der Waals surface area contributed by atoms with Gasteiger partial charge in [0.2, 0.25) is 11.8 Å².